The van der Waals surface area contributed by atoms with Crippen molar-refractivity contribution in [3.05, 3.63) is 59.6 Å². The lowest BCUT2D eigenvalue weighted by Crippen LogP contribution is -2.59. The third-order valence-corrected chi connectivity index (χ3v) is 11.0. The first-order valence-electron chi connectivity index (χ1n) is 12.5. The van der Waals surface area contributed by atoms with Crippen LogP contribution in [0.4, 0.5) is 0 Å². The van der Waals surface area contributed by atoms with Crippen LogP contribution in [0.1, 0.15) is 12.8 Å². The van der Waals surface area contributed by atoms with E-state index in [1.54, 1.807) is 35.4 Å². The molecule has 1 unspecified atom stereocenters. The third kappa shape index (κ3) is 6.03. The Bertz CT molecular complexity index is 1510. The molecule has 5 rings (SSSR count). The number of piperidine rings is 1. The second kappa shape index (κ2) is 11.9. The highest BCUT2D eigenvalue weighted by Gasteiger charge is 2.42. The molecule has 0 saturated carbocycles. The van der Waals surface area contributed by atoms with Gasteiger partial charge in [0.15, 0.2) is 5.37 Å². The lowest BCUT2D eigenvalue weighted by atomic mass is 9.97. The molecule has 0 radical (unpaired) electrons. The molecule has 0 aliphatic carbocycles. The minimum atomic E-state index is -4.02. The Labute approximate surface area is 235 Å². The minimum absolute atomic E-state index is 0.0185. The van der Waals surface area contributed by atoms with Crippen molar-refractivity contribution in [2.75, 3.05) is 32.7 Å². The van der Waals surface area contributed by atoms with Crippen molar-refractivity contribution in [3.8, 4) is 11.9 Å². The van der Waals surface area contributed by atoms with E-state index < -0.39 is 21.1 Å². The fraction of sp³-hybridized carbons (Fsp3) is 0.346. The molecule has 2 aromatic carbocycles. The zero-order valence-electron chi connectivity index (χ0n) is 20.9. The van der Waals surface area contributed by atoms with Gasteiger partial charge < -0.3 is 9.64 Å². The van der Waals surface area contributed by atoms with Gasteiger partial charge in [-0.1, -0.05) is 48.0 Å². The molecule has 0 spiro atoms. The standard InChI is InChI=1S/C26H27ClN6O4S2/c27-22-20-8-4-5-9-21(20)38-25(22)39(35,36)23-24(34)32(15-12-29-23)16-18-10-13-33(14-11-18)31-26(30-17-28)37-19-6-2-1-3-7-19/h1-9,18,23,29H,10-16H2,(H,30,31). The summed E-state index contributed by atoms with van der Waals surface area (Å²) in [6, 6.07) is 16.4. The van der Waals surface area contributed by atoms with Gasteiger partial charge in [-0.3, -0.25) is 15.5 Å². The topological polar surface area (TPSA) is 127 Å². The van der Waals surface area contributed by atoms with E-state index >= 15 is 0 Å². The summed E-state index contributed by atoms with van der Waals surface area (Å²) < 4.78 is 33.5. The number of aliphatic imine (C=N–C) groups is 1. The van der Waals surface area contributed by atoms with Crippen LogP contribution in [0.15, 0.2) is 63.8 Å². The summed E-state index contributed by atoms with van der Waals surface area (Å²) in [6.07, 6.45) is 3.30. The van der Waals surface area contributed by atoms with E-state index in [2.05, 4.69) is 15.7 Å². The lowest BCUT2D eigenvalue weighted by molar-refractivity contribution is -0.134. The Morgan fingerprint density at radius 3 is 2.59 bits per heavy atom. The molecule has 2 saturated heterocycles. The molecule has 2 N–H and O–H groups in total. The molecular weight excluding hydrogens is 560 g/mol. The number of carbonyl (C=O) groups is 1. The number of ether oxygens (including phenoxy) is 1. The van der Waals surface area contributed by atoms with Gasteiger partial charge in [-0.05, 0) is 37.0 Å². The molecule has 2 fully saturated rings. The van der Waals surface area contributed by atoms with Gasteiger partial charge in [0.25, 0.3) is 5.91 Å². The zero-order valence-corrected chi connectivity index (χ0v) is 23.3. The molecule has 1 atom stereocenters. The third-order valence-electron chi connectivity index (χ3n) is 6.78. The average Bonchev–Trinajstić information content (AvgIpc) is 3.29. The van der Waals surface area contributed by atoms with Crippen LogP contribution in [0.5, 0.6) is 5.75 Å². The quantitative estimate of drug-likeness (QED) is 0.256. The van der Waals surface area contributed by atoms with Crippen molar-refractivity contribution in [1.82, 2.24) is 20.7 Å². The second-order valence-corrected chi connectivity index (χ2v) is 13.0. The number of nitriles is 1. The van der Waals surface area contributed by atoms with Crippen molar-refractivity contribution in [2.24, 2.45) is 10.9 Å². The summed E-state index contributed by atoms with van der Waals surface area (Å²) in [5, 5.41) is 13.3. The van der Waals surface area contributed by atoms with Crippen molar-refractivity contribution in [3.63, 3.8) is 0 Å². The predicted octanol–water partition coefficient (Wildman–Crippen LogP) is 3.22. The number of rotatable bonds is 6. The Kier molecular flexibility index (Phi) is 8.34. The van der Waals surface area contributed by atoms with Gasteiger partial charge in [0.2, 0.25) is 16.0 Å². The first-order chi connectivity index (χ1) is 18.9. The number of sulfone groups is 1. The molecule has 2 aliphatic heterocycles. The van der Waals surface area contributed by atoms with Gasteiger partial charge in [0.05, 0.1) is 5.02 Å². The van der Waals surface area contributed by atoms with Crippen molar-refractivity contribution in [1.29, 1.82) is 5.26 Å². The van der Waals surface area contributed by atoms with Gasteiger partial charge in [-0.15, -0.1) is 16.3 Å². The maximum absolute atomic E-state index is 13.5. The first-order valence-corrected chi connectivity index (χ1v) is 15.3. The van der Waals surface area contributed by atoms with Crippen LogP contribution in [0.2, 0.25) is 5.02 Å². The van der Waals surface area contributed by atoms with Crippen molar-refractivity contribution < 1.29 is 17.9 Å². The number of hydrogen-bond acceptors (Lipinski definition) is 9. The Hall–Kier alpha value is -3.21. The van der Waals surface area contributed by atoms with Crippen LogP contribution in [0.25, 0.3) is 10.1 Å². The molecule has 39 heavy (non-hydrogen) atoms. The number of para-hydroxylation sites is 1. The number of halogens is 1. The normalized spacial score (nSPS) is 19.7. The number of piperazine rings is 1. The molecule has 1 aromatic heterocycles. The van der Waals surface area contributed by atoms with Gasteiger partial charge in [-0.2, -0.15) is 5.26 Å². The number of hydrogen-bond donors (Lipinski definition) is 2. The van der Waals surface area contributed by atoms with E-state index in [-0.39, 0.29) is 21.2 Å². The number of fused-ring (bicyclic) bond motifs is 1. The highest BCUT2D eigenvalue weighted by molar-refractivity contribution is 7.95. The average molecular weight is 587 g/mol. The van der Waals surface area contributed by atoms with Crippen LogP contribution < -0.4 is 15.5 Å². The number of nitrogens with one attached hydrogen (secondary N) is 2. The van der Waals surface area contributed by atoms with Crippen LogP contribution in [-0.2, 0) is 14.6 Å². The molecule has 3 aromatic rings. The molecule has 0 bridgehead atoms. The number of amidine groups is 1. The largest absolute Gasteiger partial charge is 0.424 e. The lowest BCUT2D eigenvalue weighted by Gasteiger charge is -2.38. The van der Waals surface area contributed by atoms with Gasteiger partial charge in [0.1, 0.15) is 9.96 Å². The van der Waals surface area contributed by atoms with E-state index in [0.717, 1.165) is 28.9 Å². The molecule has 13 heteroatoms. The van der Waals surface area contributed by atoms with Crippen LogP contribution >= 0.6 is 22.9 Å². The maximum atomic E-state index is 13.5. The molecule has 10 nitrogen and oxygen atoms in total. The smallest absolute Gasteiger partial charge is 0.320 e. The molecular formula is C26H27ClN6O4S2. The summed E-state index contributed by atoms with van der Waals surface area (Å²) in [4.78, 5) is 18.7. The fourth-order valence-corrected chi connectivity index (χ4v) is 8.62. The fourth-order valence-electron chi connectivity index (χ4n) is 4.79. The van der Waals surface area contributed by atoms with Gasteiger partial charge in [0, 0.05) is 42.8 Å². The minimum Gasteiger partial charge on any atom is -0.424 e. The molecule has 204 valence electrons. The van der Waals surface area contributed by atoms with Crippen LogP contribution in [0, 0.1) is 17.4 Å². The Morgan fingerprint density at radius 2 is 1.87 bits per heavy atom. The predicted molar refractivity (Wildman–Crippen MR) is 150 cm³/mol. The van der Waals surface area contributed by atoms with E-state index in [1.807, 2.05) is 35.3 Å². The van der Waals surface area contributed by atoms with E-state index in [4.69, 9.17) is 21.6 Å². The summed E-state index contributed by atoms with van der Waals surface area (Å²) in [5.74, 6) is 0.315. The van der Waals surface area contributed by atoms with E-state index in [1.165, 1.54) is 0 Å². The highest BCUT2D eigenvalue weighted by atomic mass is 35.5. The van der Waals surface area contributed by atoms with Gasteiger partial charge in [-0.25, -0.2) is 13.4 Å². The number of nitrogens with zero attached hydrogens (tertiary/aromatic N) is 4. The van der Waals surface area contributed by atoms with E-state index in [0.29, 0.717) is 43.9 Å². The maximum Gasteiger partial charge on any atom is 0.320 e. The Balaban J connectivity index is 1.19. The summed E-state index contributed by atoms with van der Waals surface area (Å²) in [7, 11) is -4.02. The highest BCUT2D eigenvalue weighted by Crippen LogP contribution is 2.40. The molecule has 2 aliphatic rings. The second-order valence-electron chi connectivity index (χ2n) is 9.34. The Morgan fingerprint density at radius 1 is 1.15 bits per heavy atom. The number of hydrazine groups is 1. The SMILES string of the molecule is N#CN=C(NN1CCC(CN2CCNC(S(=O)(=O)c3sc4ccccc4c3Cl)C2=O)CC1)Oc1ccccc1. The number of benzene rings is 2. The molecule has 3 heterocycles. The zero-order chi connectivity index (χ0) is 27.4. The van der Waals surface area contributed by atoms with Crippen molar-refractivity contribution in [2.45, 2.75) is 22.4 Å². The van der Waals surface area contributed by atoms with Crippen LogP contribution in [-0.4, -0.2) is 68.4 Å². The van der Waals surface area contributed by atoms with Gasteiger partial charge >= 0.3 is 6.02 Å². The summed E-state index contributed by atoms with van der Waals surface area (Å²) in [6.45, 7) is 2.58. The van der Waals surface area contributed by atoms with Crippen molar-refractivity contribution >= 4 is 54.8 Å². The first kappa shape index (κ1) is 27.4. The monoisotopic (exact) mass is 586 g/mol. The summed E-state index contributed by atoms with van der Waals surface area (Å²) in [5.41, 5.74) is 3.06. The number of carbonyl (C=O) groups excluding carboxylic acids is 1. The number of amides is 1. The summed E-state index contributed by atoms with van der Waals surface area (Å²) >= 11 is 7.54. The number of thiophene rings is 1. The van der Waals surface area contributed by atoms with Crippen LogP contribution in [0.3, 0.4) is 0 Å². The molecule has 1 amide bonds. The van der Waals surface area contributed by atoms with E-state index in [9.17, 15) is 13.2 Å².